The van der Waals surface area contributed by atoms with Gasteiger partial charge in [0.25, 0.3) is 5.69 Å². The van der Waals surface area contributed by atoms with Crippen LogP contribution in [0.15, 0.2) is 71.2 Å². The summed E-state index contributed by atoms with van der Waals surface area (Å²) in [5, 5.41) is 22.2. The largest absolute Gasteiger partial charge is 0.355 e. The first-order valence-electron chi connectivity index (χ1n) is 7.49. The third kappa shape index (κ3) is 3.75. The maximum Gasteiger partial charge on any atom is 0.277 e. The molecule has 0 unspecified atom stereocenters. The second kappa shape index (κ2) is 7.27. The van der Waals surface area contributed by atoms with Crippen LogP contribution in [-0.4, -0.2) is 11.1 Å². The number of nitrogens with one attached hydrogen (secondary N) is 2. The Balaban J connectivity index is 2.10. The normalized spacial score (nSPS) is 10.3. The highest BCUT2D eigenvalue weighted by Crippen LogP contribution is 2.35. The summed E-state index contributed by atoms with van der Waals surface area (Å²) in [5.41, 5.74) is 3.56. The first kappa shape index (κ1) is 16.9. The highest BCUT2D eigenvalue weighted by atomic mass is 79.9. The zero-order valence-corrected chi connectivity index (χ0v) is 14.7. The minimum absolute atomic E-state index is 0.0384. The number of para-hydroxylation sites is 1. The molecule has 0 aliphatic rings. The van der Waals surface area contributed by atoms with Crippen LogP contribution >= 0.6 is 15.9 Å². The van der Waals surface area contributed by atoms with Gasteiger partial charge in [-0.2, -0.15) is 0 Å². The van der Waals surface area contributed by atoms with Crippen molar-refractivity contribution in [2.24, 2.45) is 0 Å². The molecule has 0 heterocycles. The lowest BCUT2D eigenvalue weighted by Gasteiger charge is -2.12. The standard InChI is InChI=1S/C19H14BrN3O2/c20-15-8-9-19(23(24)25)17(11-15)13-6-7-14(12-21)18(10-13)22-16-4-2-1-3-5-16/h1-12,21-22H. The quantitative estimate of drug-likeness (QED) is 0.327. The zero-order chi connectivity index (χ0) is 17.8. The zero-order valence-electron chi connectivity index (χ0n) is 13.1. The number of halogens is 1. The molecule has 3 aromatic rings. The Labute approximate surface area is 153 Å². The second-order valence-corrected chi connectivity index (χ2v) is 6.27. The van der Waals surface area contributed by atoms with Crippen molar-refractivity contribution >= 4 is 39.2 Å². The first-order chi connectivity index (χ1) is 12.1. The van der Waals surface area contributed by atoms with E-state index >= 15 is 0 Å². The van der Waals surface area contributed by atoms with E-state index in [1.165, 1.54) is 12.3 Å². The van der Waals surface area contributed by atoms with Crippen molar-refractivity contribution in [1.29, 1.82) is 5.41 Å². The van der Waals surface area contributed by atoms with Crippen molar-refractivity contribution in [2.45, 2.75) is 0 Å². The van der Waals surface area contributed by atoms with Crippen molar-refractivity contribution in [2.75, 3.05) is 5.32 Å². The lowest BCUT2D eigenvalue weighted by atomic mass is 10.0. The van der Waals surface area contributed by atoms with Crippen LogP contribution in [-0.2, 0) is 0 Å². The highest BCUT2D eigenvalue weighted by molar-refractivity contribution is 9.10. The van der Waals surface area contributed by atoms with Crippen molar-refractivity contribution in [1.82, 2.24) is 0 Å². The fourth-order valence-corrected chi connectivity index (χ4v) is 2.89. The van der Waals surface area contributed by atoms with Crippen LogP contribution in [0.2, 0.25) is 0 Å². The van der Waals surface area contributed by atoms with Crippen LogP contribution in [0.3, 0.4) is 0 Å². The van der Waals surface area contributed by atoms with E-state index < -0.39 is 4.92 Å². The molecule has 0 bridgehead atoms. The lowest BCUT2D eigenvalue weighted by Crippen LogP contribution is -1.97. The Bertz CT molecular complexity index is 943. The Morgan fingerprint density at radius 3 is 2.48 bits per heavy atom. The molecule has 5 nitrogen and oxygen atoms in total. The summed E-state index contributed by atoms with van der Waals surface area (Å²) in [6, 6.07) is 19.8. The molecule has 0 radical (unpaired) electrons. The van der Waals surface area contributed by atoms with Gasteiger partial charge in [-0.1, -0.05) is 46.3 Å². The third-order valence-electron chi connectivity index (χ3n) is 3.73. The summed E-state index contributed by atoms with van der Waals surface area (Å²) >= 11 is 3.37. The van der Waals surface area contributed by atoms with Crippen LogP contribution in [0.5, 0.6) is 0 Å². The number of rotatable bonds is 5. The summed E-state index contributed by atoms with van der Waals surface area (Å²) in [5.74, 6) is 0. The average molecular weight is 396 g/mol. The minimum Gasteiger partial charge on any atom is -0.355 e. The van der Waals surface area contributed by atoms with Gasteiger partial charge in [0.2, 0.25) is 0 Å². The van der Waals surface area contributed by atoms with Gasteiger partial charge in [-0.15, -0.1) is 0 Å². The fourth-order valence-electron chi connectivity index (χ4n) is 2.53. The molecule has 0 amide bonds. The molecule has 124 valence electrons. The molecule has 2 N–H and O–H groups in total. The summed E-state index contributed by atoms with van der Waals surface area (Å²) in [7, 11) is 0. The number of nitro groups is 1. The number of nitrogens with zero attached hydrogens (tertiary/aromatic N) is 1. The molecule has 3 rings (SSSR count). The molecule has 0 aromatic heterocycles. The average Bonchev–Trinajstić information content (AvgIpc) is 2.62. The van der Waals surface area contributed by atoms with Gasteiger partial charge < -0.3 is 10.7 Å². The summed E-state index contributed by atoms with van der Waals surface area (Å²) < 4.78 is 0.766. The third-order valence-corrected chi connectivity index (χ3v) is 4.22. The van der Waals surface area contributed by atoms with E-state index in [1.807, 2.05) is 36.4 Å². The minimum atomic E-state index is -0.392. The van der Waals surface area contributed by atoms with E-state index in [4.69, 9.17) is 5.41 Å². The molecular formula is C19H14BrN3O2. The molecule has 0 aliphatic heterocycles. The van der Waals surface area contributed by atoms with Crippen LogP contribution in [0.25, 0.3) is 11.1 Å². The second-order valence-electron chi connectivity index (χ2n) is 5.36. The molecule has 6 heteroatoms. The summed E-state index contributed by atoms with van der Waals surface area (Å²) in [4.78, 5) is 11.0. The van der Waals surface area contributed by atoms with Gasteiger partial charge in [-0.3, -0.25) is 10.1 Å². The Kier molecular flexibility index (Phi) is 4.90. The van der Waals surface area contributed by atoms with Crippen molar-refractivity contribution in [3.63, 3.8) is 0 Å². The van der Waals surface area contributed by atoms with E-state index in [1.54, 1.807) is 24.3 Å². The molecule has 0 spiro atoms. The Morgan fingerprint density at radius 1 is 1.04 bits per heavy atom. The topological polar surface area (TPSA) is 79.0 Å². The van der Waals surface area contributed by atoms with Crippen LogP contribution in [0, 0.1) is 15.5 Å². The van der Waals surface area contributed by atoms with Crippen molar-refractivity contribution < 1.29 is 4.92 Å². The number of nitro benzene ring substituents is 1. The Hall–Kier alpha value is -2.99. The van der Waals surface area contributed by atoms with E-state index in [0.29, 0.717) is 22.4 Å². The Morgan fingerprint density at radius 2 is 1.80 bits per heavy atom. The van der Waals surface area contributed by atoms with Crippen LogP contribution < -0.4 is 5.32 Å². The fraction of sp³-hybridized carbons (Fsp3) is 0. The molecule has 3 aromatic carbocycles. The summed E-state index contributed by atoms with van der Waals surface area (Å²) in [6.07, 6.45) is 1.25. The molecule has 0 aliphatic carbocycles. The van der Waals surface area contributed by atoms with E-state index in [2.05, 4.69) is 21.2 Å². The number of hydrogen-bond acceptors (Lipinski definition) is 4. The maximum atomic E-state index is 11.3. The predicted octanol–water partition coefficient (Wildman–Crippen LogP) is 5.77. The molecule has 0 fully saturated rings. The van der Waals surface area contributed by atoms with Gasteiger partial charge in [0.05, 0.1) is 10.5 Å². The number of benzene rings is 3. The molecule has 0 atom stereocenters. The lowest BCUT2D eigenvalue weighted by molar-refractivity contribution is -0.384. The van der Waals surface area contributed by atoms with Crippen molar-refractivity contribution in [3.8, 4) is 11.1 Å². The molecule has 0 saturated carbocycles. The van der Waals surface area contributed by atoms with E-state index in [9.17, 15) is 10.1 Å². The number of anilines is 2. The van der Waals surface area contributed by atoms with Gasteiger partial charge in [-0.25, -0.2) is 0 Å². The smallest absolute Gasteiger partial charge is 0.277 e. The maximum absolute atomic E-state index is 11.3. The van der Waals surface area contributed by atoms with Crippen LogP contribution in [0.1, 0.15) is 5.56 Å². The highest BCUT2D eigenvalue weighted by Gasteiger charge is 2.16. The van der Waals surface area contributed by atoms with Gasteiger partial charge in [-0.05, 0) is 35.9 Å². The first-order valence-corrected chi connectivity index (χ1v) is 8.28. The predicted molar refractivity (Wildman–Crippen MR) is 104 cm³/mol. The monoisotopic (exact) mass is 395 g/mol. The molecular weight excluding hydrogens is 382 g/mol. The SMILES string of the molecule is N=Cc1ccc(-c2cc(Br)ccc2[N+](=O)[O-])cc1Nc1ccccc1. The van der Waals surface area contributed by atoms with Crippen molar-refractivity contribution in [3.05, 3.63) is 86.9 Å². The van der Waals surface area contributed by atoms with E-state index in [0.717, 1.165) is 10.2 Å². The van der Waals surface area contributed by atoms with Gasteiger partial charge in [0.15, 0.2) is 0 Å². The van der Waals surface area contributed by atoms with Gasteiger partial charge >= 0.3 is 0 Å². The molecule has 0 saturated heterocycles. The molecule has 25 heavy (non-hydrogen) atoms. The number of hydrogen-bond donors (Lipinski definition) is 2. The van der Waals surface area contributed by atoms with E-state index in [-0.39, 0.29) is 5.69 Å². The van der Waals surface area contributed by atoms with Gasteiger partial charge in [0, 0.05) is 33.7 Å². The van der Waals surface area contributed by atoms with Gasteiger partial charge in [0.1, 0.15) is 0 Å². The summed E-state index contributed by atoms with van der Waals surface area (Å²) in [6.45, 7) is 0. The van der Waals surface area contributed by atoms with Crippen LogP contribution in [0.4, 0.5) is 17.1 Å².